The number of ketones is 1. The van der Waals surface area contributed by atoms with Gasteiger partial charge in [-0.05, 0) is 43.6 Å². The van der Waals surface area contributed by atoms with Crippen LogP contribution in [-0.2, 0) is 4.79 Å². The van der Waals surface area contributed by atoms with Crippen LogP contribution in [0, 0.1) is 5.92 Å². The van der Waals surface area contributed by atoms with Gasteiger partial charge in [0.15, 0.2) is 0 Å². The van der Waals surface area contributed by atoms with Crippen LogP contribution in [0.2, 0.25) is 0 Å². The Hall–Kier alpha value is -1.11. The molecule has 29 heavy (non-hydrogen) atoms. The summed E-state index contributed by atoms with van der Waals surface area (Å²) in [6.07, 6.45) is 23.2. The minimum absolute atomic E-state index is 0.354. The van der Waals surface area contributed by atoms with Crippen LogP contribution in [0.15, 0.2) is 30.3 Å². The van der Waals surface area contributed by atoms with Gasteiger partial charge in [0.2, 0.25) is 0 Å². The van der Waals surface area contributed by atoms with E-state index >= 15 is 0 Å². The average Bonchev–Trinajstić information content (AvgIpc) is 2.77. The molecule has 164 valence electrons. The molecule has 0 aromatic heterocycles. The van der Waals surface area contributed by atoms with Gasteiger partial charge in [-0.15, -0.1) is 0 Å². The third kappa shape index (κ3) is 10.5. The van der Waals surface area contributed by atoms with E-state index in [1.807, 2.05) is 0 Å². The Morgan fingerprint density at radius 2 is 1.17 bits per heavy atom. The van der Waals surface area contributed by atoms with Gasteiger partial charge in [0, 0.05) is 12.3 Å². The van der Waals surface area contributed by atoms with Gasteiger partial charge in [0.1, 0.15) is 5.78 Å². The summed E-state index contributed by atoms with van der Waals surface area (Å²) in [5.41, 5.74) is 1.47. The summed E-state index contributed by atoms with van der Waals surface area (Å²) in [5.74, 6) is 1.59. The van der Waals surface area contributed by atoms with Gasteiger partial charge in [-0.1, -0.05) is 114 Å². The summed E-state index contributed by atoms with van der Waals surface area (Å²) in [7, 11) is 0. The van der Waals surface area contributed by atoms with Crippen molar-refractivity contribution in [1.29, 1.82) is 0 Å². The lowest BCUT2D eigenvalue weighted by Crippen LogP contribution is -2.21. The van der Waals surface area contributed by atoms with Crippen molar-refractivity contribution in [2.75, 3.05) is 0 Å². The third-order valence-corrected chi connectivity index (χ3v) is 6.98. The third-order valence-electron chi connectivity index (χ3n) is 6.98. The van der Waals surface area contributed by atoms with E-state index < -0.39 is 0 Å². The van der Waals surface area contributed by atoms with Crippen LogP contribution in [-0.4, -0.2) is 5.78 Å². The quantitative estimate of drug-likeness (QED) is 0.254. The molecule has 0 atom stereocenters. The Morgan fingerprint density at radius 1 is 0.690 bits per heavy atom. The molecule has 0 spiro atoms. The zero-order valence-electron chi connectivity index (χ0n) is 19.2. The molecule has 1 aromatic carbocycles. The van der Waals surface area contributed by atoms with Gasteiger partial charge in [-0.3, -0.25) is 4.79 Å². The molecule has 0 N–H and O–H groups in total. The summed E-state index contributed by atoms with van der Waals surface area (Å²) in [5, 5.41) is 0. The van der Waals surface area contributed by atoms with Gasteiger partial charge in [-0.2, -0.15) is 0 Å². The lowest BCUT2D eigenvalue weighted by atomic mass is 9.76. The maximum Gasteiger partial charge on any atom is 0.135 e. The Bertz CT molecular complexity index is 512. The van der Waals surface area contributed by atoms with Crippen molar-refractivity contribution in [2.45, 2.75) is 128 Å². The maximum absolute atomic E-state index is 12.5. The molecule has 1 aliphatic carbocycles. The van der Waals surface area contributed by atoms with E-state index in [1.165, 1.54) is 95.5 Å². The number of benzene rings is 1. The van der Waals surface area contributed by atoms with E-state index in [1.54, 1.807) is 0 Å². The number of hydrogen-bond acceptors (Lipinski definition) is 1. The number of carbonyl (C=O) groups is 1. The molecule has 1 aromatic rings. The largest absolute Gasteiger partial charge is 0.299 e. The second-order valence-corrected chi connectivity index (χ2v) is 9.42. The monoisotopic (exact) mass is 398 g/mol. The fourth-order valence-electron chi connectivity index (χ4n) is 5.00. The second-order valence-electron chi connectivity index (χ2n) is 9.42. The molecule has 0 bridgehead atoms. The van der Waals surface area contributed by atoms with Crippen LogP contribution < -0.4 is 0 Å². The summed E-state index contributed by atoms with van der Waals surface area (Å²) >= 11 is 0. The maximum atomic E-state index is 12.5. The van der Waals surface area contributed by atoms with Gasteiger partial charge >= 0.3 is 0 Å². The molecule has 1 fully saturated rings. The fourth-order valence-corrected chi connectivity index (χ4v) is 5.00. The Kier molecular flexibility index (Phi) is 13.1. The van der Waals surface area contributed by atoms with Crippen LogP contribution >= 0.6 is 0 Å². The smallest absolute Gasteiger partial charge is 0.135 e. The highest BCUT2D eigenvalue weighted by Crippen LogP contribution is 2.36. The first-order valence-corrected chi connectivity index (χ1v) is 12.9. The number of hydrogen-bond donors (Lipinski definition) is 0. The topological polar surface area (TPSA) is 17.1 Å². The SMILES string of the molecule is CCCCCCCCCCCCCCCC(=O)C1CCC(c2ccccc2)CC1. The van der Waals surface area contributed by atoms with E-state index in [4.69, 9.17) is 0 Å². The highest BCUT2D eigenvalue weighted by atomic mass is 16.1. The van der Waals surface area contributed by atoms with Crippen LogP contribution in [0.5, 0.6) is 0 Å². The lowest BCUT2D eigenvalue weighted by Gasteiger charge is -2.28. The van der Waals surface area contributed by atoms with E-state index in [0.717, 1.165) is 25.7 Å². The molecule has 0 amide bonds. The predicted octanol–water partition coefficient (Wildman–Crippen LogP) is 9.01. The van der Waals surface area contributed by atoms with Crippen molar-refractivity contribution in [3.05, 3.63) is 35.9 Å². The molecule has 1 nitrogen and oxygen atoms in total. The first kappa shape index (κ1) is 24.2. The lowest BCUT2D eigenvalue weighted by molar-refractivity contribution is -0.124. The number of carbonyl (C=O) groups excluding carboxylic acids is 1. The van der Waals surface area contributed by atoms with Crippen LogP contribution in [0.25, 0.3) is 0 Å². The molecule has 2 rings (SSSR count). The molecule has 0 aliphatic heterocycles. The summed E-state index contributed by atoms with van der Waals surface area (Å²) in [4.78, 5) is 12.5. The van der Waals surface area contributed by atoms with Crippen molar-refractivity contribution < 1.29 is 4.79 Å². The number of Topliss-reactive ketones (excluding diaryl/α,β-unsaturated/α-hetero) is 1. The van der Waals surface area contributed by atoms with Crippen molar-refractivity contribution in [3.63, 3.8) is 0 Å². The molecule has 1 aliphatic rings. The molecule has 1 saturated carbocycles. The summed E-state index contributed by atoms with van der Waals surface area (Å²) < 4.78 is 0. The Labute approximate surface area is 181 Å². The van der Waals surface area contributed by atoms with E-state index in [9.17, 15) is 4.79 Å². The minimum atomic E-state index is 0.354. The van der Waals surface area contributed by atoms with Crippen molar-refractivity contribution in [1.82, 2.24) is 0 Å². The van der Waals surface area contributed by atoms with Gasteiger partial charge < -0.3 is 0 Å². The zero-order chi connectivity index (χ0) is 20.6. The molecule has 0 saturated heterocycles. The van der Waals surface area contributed by atoms with Gasteiger partial charge in [0.05, 0.1) is 0 Å². The van der Waals surface area contributed by atoms with Crippen LogP contribution in [0.1, 0.15) is 134 Å². The first-order valence-electron chi connectivity index (χ1n) is 12.9. The van der Waals surface area contributed by atoms with Crippen LogP contribution in [0.4, 0.5) is 0 Å². The average molecular weight is 399 g/mol. The van der Waals surface area contributed by atoms with Crippen molar-refractivity contribution in [3.8, 4) is 0 Å². The summed E-state index contributed by atoms with van der Waals surface area (Å²) in [6.45, 7) is 2.28. The summed E-state index contributed by atoms with van der Waals surface area (Å²) in [6, 6.07) is 10.9. The molecular weight excluding hydrogens is 352 g/mol. The number of unbranched alkanes of at least 4 members (excludes halogenated alkanes) is 12. The second kappa shape index (κ2) is 15.7. The molecular formula is C28H46O. The normalized spacial score (nSPS) is 19.3. The van der Waals surface area contributed by atoms with Crippen molar-refractivity contribution in [2.24, 2.45) is 5.92 Å². The van der Waals surface area contributed by atoms with Gasteiger partial charge in [-0.25, -0.2) is 0 Å². The molecule has 0 heterocycles. The highest BCUT2D eigenvalue weighted by molar-refractivity contribution is 5.81. The fraction of sp³-hybridized carbons (Fsp3) is 0.750. The molecule has 1 heteroatoms. The van der Waals surface area contributed by atoms with E-state index in [0.29, 0.717) is 17.6 Å². The standard InChI is InChI=1S/C28H46O/c1-2-3-4-5-6-7-8-9-10-11-12-13-17-20-28(29)27-23-21-26(22-24-27)25-18-15-14-16-19-25/h14-16,18-19,26-27H,2-13,17,20-24H2,1H3. The molecule has 0 unspecified atom stereocenters. The Balaban J connectivity index is 1.40. The first-order chi connectivity index (χ1) is 14.3. The number of rotatable bonds is 16. The van der Waals surface area contributed by atoms with E-state index in [2.05, 4.69) is 37.3 Å². The highest BCUT2D eigenvalue weighted by Gasteiger charge is 2.26. The minimum Gasteiger partial charge on any atom is -0.299 e. The molecule has 0 radical (unpaired) electrons. The van der Waals surface area contributed by atoms with E-state index in [-0.39, 0.29) is 0 Å². The van der Waals surface area contributed by atoms with Gasteiger partial charge in [0.25, 0.3) is 0 Å². The predicted molar refractivity (Wildman–Crippen MR) is 126 cm³/mol. The Morgan fingerprint density at radius 3 is 1.69 bits per heavy atom. The van der Waals surface area contributed by atoms with Crippen LogP contribution in [0.3, 0.4) is 0 Å². The van der Waals surface area contributed by atoms with Crippen molar-refractivity contribution >= 4 is 5.78 Å². The zero-order valence-corrected chi connectivity index (χ0v) is 19.2.